The third-order valence-corrected chi connectivity index (χ3v) is 4.03. The quantitative estimate of drug-likeness (QED) is 0.588. The van der Waals surface area contributed by atoms with Crippen molar-refractivity contribution in [2.24, 2.45) is 11.3 Å². The van der Waals surface area contributed by atoms with Gasteiger partial charge in [-0.3, -0.25) is 10.1 Å². The molecule has 110 valence electrons. The van der Waals surface area contributed by atoms with Crippen molar-refractivity contribution in [2.75, 3.05) is 23.7 Å². The van der Waals surface area contributed by atoms with Gasteiger partial charge in [0.05, 0.1) is 4.92 Å². The van der Waals surface area contributed by atoms with E-state index in [1.807, 2.05) is 6.92 Å². The van der Waals surface area contributed by atoms with Crippen molar-refractivity contribution in [3.8, 4) is 0 Å². The highest BCUT2D eigenvalue weighted by Gasteiger charge is 2.45. The van der Waals surface area contributed by atoms with E-state index in [4.69, 9.17) is 0 Å². The Hall–Kier alpha value is -1.92. The Morgan fingerprint density at radius 3 is 2.65 bits per heavy atom. The van der Waals surface area contributed by atoms with Crippen LogP contribution in [0.2, 0.25) is 0 Å². The van der Waals surface area contributed by atoms with Gasteiger partial charge in [0.2, 0.25) is 11.8 Å². The van der Waals surface area contributed by atoms with Crippen molar-refractivity contribution in [3.05, 3.63) is 16.3 Å². The number of nitrogens with zero attached hydrogens (tertiary/aromatic N) is 3. The zero-order chi connectivity index (χ0) is 14.8. The lowest BCUT2D eigenvalue weighted by Crippen LogP contribution is -2.22. The molecule has 1 aromatic rings. The van der Waals surface area contributed by atoms with Gasteiger partial charge in [-0.15, -0.1) is 0 Å². The minimum absolute atomic E-state index is 0.0776. The Labute approximate surface area is 118 Å². The van der Waals surface area contributed by atoms with E-state index < -0.39 is 4.92 Å². The zero-order valence-electron chi connectivity index (χ0n) is 12.1. The average molecular weight is 279 g/mol. The Bertz CT molecular complexity index is 500. The molecule has 0 saturated heterocycles. The summed E-state index contributed by atoms with van der Waals surface area (Å²) in [6.07, 6.45) is 3.58. The van der Waals surface area contributed by atoms with E-state index in [9.17, 15) is 10.1 Å². The molecule has 1 fully saturated rings. The maximum Gasteiger partial charge on any atom is 0.329 e. The fourth-order valence-corrected chi connectivity index (χ4v) is 2.26. The van der Waals surface area contributed by atoms with Crippen molar-refractivity contribution in [2.45, 2.75) is 33.6 Å². The van der Waals surface area contributed by atoms with Crippen LogP contribution in [0.5, 0.6) is 0 Å². The van der Waals surface area contributed by atoms with Crippen LogP contribution in [-0.4, -0.2) is 28.0 Å². The Kier molecular flexibility index (Phi) is 4.06. The maximum atomic E-state index is 11.0. The molecule has 7 heteroatoms. The molecule has 1 aliphatic rings. The lowest BCUT2D eigenvalue weighted by Gasteiger charge is -2.20. The first-order valence-corrected chi connectivity index (χ1v) is 6.97. The zero-order valence-corrected chi connectivity index (χ0v) is 12.1. The monoisotopic (exact) mass is 279 g/mol. The van der Waals surface area contributed by atoms with Gasteiger partial charge >= 0.3 is 5.69 Å². The summed E-state index contributed by atoms with van der Waals surface area (Å²) in [5.41, 5.74) is 0.183. The second-order valence-electron chi connectivity index (χ2n) is 5.59. The highest BCUT2D eigenvalue weighted by atomic mass is 16.6. The number of nitro groups is 1. The van der Waals surface area contributed by atoms with E-state index in [0.717, 1.165) is 12.8 Å². The van der Waals surface area contributed by atoms with E-state index in [0.29, 0.717) is 30.8 Å². The van der Waals surface area contributed by atoms with Crippen LogP contribution in [-0.2, 0) is 0 Å². The predicted octanol–water partition coefficient (Wildman–Crippen LogP) is 2.66. The van der Waals surface area contributed by atoms with Gasteiger partial charge < -0.3 is 10.6 Å². The number of anilines is 2. The molecule has 0 radical (unpaired) electrons. The van der Waals surface area contributed by atoms with Gasteiger partial charge in [-0.25, -0.2) is 4.98 Å². The standard InChI is InChI=1S/C13H21N5O2/c1-4-14-12-15-7-10(18(19)20)11(17-12)16-8-13(5-6-13)9(2)3/h7,9H,4-6,8H2,1-3H3,(H2,14,15,16,17). The number of nitrogens with one attached hydrogen (secondary N) is 2. The summed E-state index contributed by atoms with van der Waals surface area (Å²) in [5.74, 6) is 1.27. The van der Waals surface area contributed by atoms with Crippen molar-refractivity contribution in [3.63, 3.8) is 0 Å². The first-order chi connectivity index (χ1) is 9.48. The molecule has 1 aliphatic carbocycles. The van der Waals surface area contributed by atoms with E-state index in [1.165, 1.54) is 6.20 Å². The second-order valence-corrected chi connectivity index (χ2v) is 5.59. The molecule has 2 N–H and O–H groups in total. The maximum absolute atomic E-state index is 11.0. The lowest BCUT2D eigenvalue weighted by atomic mass is 9.92. The van der Waals surface area contributed by atoms with Gasteiger partial charge in [-0.2, -0.15) is 4.98 Å². The fraction of sp³-hybridized carbons (Fsp3) is 0.692. The first-order valence-electron chi connectivity index (χ1n) is 6.97. The topological polar surface area (TPSA) is 93.0 Å². The van der Waals surface area contributed by atoms with E-state index in [1.54, 1.807) is 0 Å². The van der Waals surface area contributed by atoms with Gasteiger partial charge in [0.1, 0.15) is 6.20 Å². The van der Waals surface area contributed by atoms with Crippen LogP contribution < -0.4 is 10.6 Å². The molecular weight excluding hydrogens is 258 g/mol. The molecule has 0 amide bonds. The molecule has 20 heavy (non-hydrogen) atoms. The number of aromatic nitrogens is 2. The minimum atomic E-state index is -0.451. The summed E-state index contributed by atoms with van der Waals surface area (Å²) in [5, 5.41) is 17.1. The van der Waals surface area contributed by atoms with Crippen LogP contribution in [0.15, 0.2) is 6.20 Å². The van der Waals surface area contributed by atoms with Gasteiger partial charge in [0, 0.05) is 13.1 Å². The summed E-state index contributed by atoms with van der Waals surface area (Å²) < 4.78 is 0. The van der Waals surface area contributed by atoms with Crippen LogP contribution >= 0.6 is 0 Å². The molecule has 7 nitrogen and oxygen atoms in total. The molecule has 0 atom stereocenters. The van der Waals surface area contributed by atoms with Crippen molar-refractivity contribution in [1.29, 1.82) is 0 Å². The lowest BCUT2D eigenvalue weighted by molar-refractivity contribution is -0.384. The molecule has 2 rings (SSSR count). The normalized spacial score (nSPS) is 16.0. The SMILES string of the molecule is CCNc1ncc([N+](=O)[O-])c(NCC2(C(C)C)CC2)n1. The molecule has 0 aromatic carbocycles. The molecule has 0 spiro atoms. The summed E-state index contributed by atoms with van der Waals surface area (Å²) in [4.78, 5) is 18.7. The van der Waals surface area contributed by atoms with Crippen molar-refractivity contribution < 1.29 is 4.92 Å². The molecular formula is C13H21N5O2. The van der Waals surface area contributed by atoms with Gasteiger partial charge in [0.25, 0.3) is 0 Å². The summed E-state index contributed by atoms with van der Waals surface area (Å²) >= 11 is 0. The predicted molar refractivity (Wildman–Crippen MR) is 77.8 cm³/mol. The third kappa shape index (κ3) is 2.97. The second kappa shape index (κ2) is 5.60. The molecule has 0 unspecified atom stereocenters. The molecule has 1 saturated carbocycles. The Morgan fingerprint density at radius 2 is 2.15 bits per heavy atom. The van der Waals surface area contributed by atoms with E-state index in [2.05, 4.69) is 34.4 Å². The largest absolute Gasteiger partial charge is 0.364 e. The fourth-order valence-electron chi connectivity index (χ4n) is 2.26. The number of hydrogen-bond acceptors (Lipinski definition) is 6. The van der Waals surface area contributed by atoms with E-state index >= 15 is 0 Å². The summed E-state index contributed by atoms with van der Waals surface area (Å²) in [6.45, 7) is 7.69. The number of hydrogen-bond donors (Lipinski definition) is 2. The highest BCUT2D eigenvalue weighted by molar-refractivity contribution is 5.57. The smallest absolute Gasteiger partial charge is 0.329 e. The first kappa shape index (κ1) is 14.5. The van der Waals surface area contributed by atoms with Crippen molar-refractivity contribution >= 4 is 17.5 Å². The molecule has 1 heterocycles. The average Bonchev–Trinajstić information content (AvgIpc) is 3.18. The summed E-state index contributed by atoms with van der Waals surface area (Å²) in [7, 11) is 0. The third-order valence-electron chi connectivity index (χ3n) is 4.03. The molecule has 0 aliphatic heterocycles. The van der Waals surface area contributed by atoms with E-state index in [-0.39, 0.29) is 11.1 Å². The van der Waals surface area contributed by atoms with Crippen LogP contribution in [0.4, 0.5) is 17.5 Å². The highest BCUT2D eigenvalue weighted by Crippen LogP contribution is 2.51. The van der Waals surface area contributed by atoms with Gasteiger partial charge in [0.15, 0.2) is 0 Å². The summed E-state index contributed by atoms with van der Waals surface area (Å²) in [6, 6.07) is 0. The van der Waals surface area contributed by atoms with Crippen LogP contribution in [0, 0.1) is 21.4 Å². The minimum Gasteiger partial charge on any atom is -0.364 e. The van der Waals surface area contributed by atoms with Crippen LogP contribution in [0.3, 0.4) is 0 Å². The van der Waals surface area contributed by atoms with Gasteiger partial charge in [-0.1, -0.05) is 13.8 Å². The van der Waals surface area contributed by atoms with Gasteiger partial charge in [-0.05, 0) is 31.1 Å². The van der Waals surface area contributed by atoms with Crippen LogP contribution in [0.25, 0.3) is 0 Å². The van der Waals surface area contributed by atoms with Crippen molar-refractivity contribution in [1.82, 2.24) is 9.97 Å². The number of rotatable bonds is 7. The van der Waals surface area contributed by atoms with Crippen LogP contribution in [0.1, 0.15) is 33.6 Å². The molecule has 1 aromatic heterocycles. The Morgan fingerprint density at radius 1 is 1.45 bits per heavy atom. The Balaban J connectivity index is 2.15. The molecule has 0 bridgehead atoms.